The van der Waals surface area contributed by atoms with Crippen molar-refractivity contribution in [1.82, 2.24) is 19.6 Å². The maximum absolute atomic E-state index is 5.80. The minimum Gasteiger partial charge on any atom is -0.268 e. The summed E-state index contributed by atoms with van der Waals surface area (Å²) in [4.78, 5) is 4.25. The minimum absolute atomic E-state index is 0.697. The van der Waals surface area contributed by atoms with Gasteiger partial charge < -0.3 is 0 Å². The number of nitrogens with zero attached hydrogens (tertiary/aromatic N) is 4. The monoisotopic (exact) mass is 189 g/mol. The van der Waals surface area contributed by atoms with Crippen LogP contribution in [-0.2, 0) is 13.1 Å². The zero-order valence-electron chi connectivity index (χ0n) is 7.94. The van der Waals surface area contributed by atoms with Gasteiger partial charge in [0.25, 0.3) is 0 Å². The molecule has 1 aliphatic rings. The van der Waals surface area contributed by atoms with Gasteiger partial charge in [-0.3, -0.25) is 5.84 Å². The number of hydrogen-bond acceptors (Lipinski definition) is 4. The highest BCUT2D eigenvalue weighted by Gasteiger charge is 2.20. The first-order valence-corrected chi connectivity index (χ1v) is 4.56. The predicted octanol–water partition coefficient (Wildman–Crippen LogP) is 0.227. The van der Waals surface area contributed by atoms with Crippen molar-refractivity contribution in [3.05, 3.63) is 29.3 Å². The molecule has 0 saturated heterocycles. The first kappa shape index (κ1) is 7.90. The molecule has 0 radical (unpaired) electrons. The lowest BCUT2D eigenvalue weighted by molar-refractivity contribution is 0.257. The van der Waals surface area contributed by atoms with Crippen LogP contribution in [0.25, 0.3) is 5.52 Å². The Labute approximate surface area is 81.1 Å². The highest BCUT2D eigenvalue weighted by molar-refractivity contribution is 5.61. The van der Waals surface area contributed by atoms with Crippen molar-refractivity contribution in [1.29, 1.82) is 0 Å². The zero-order valence-corrected chi connectivity index (χ0v) is 7.94. The largest absolute Gasteiger partial charge is 0.268 e. The van der Waals surface area contributed by atoms with Crippen LogP contribution in [0.3, 0.4) is 0 Å². The van der Waals surface area contributed by atoms with Crippen LogP contribution in [0.1, 0.15) is 17.0 Å². The first-order chi connectivity index (χ1) is 6.75. The van der Waals surface area contributed by atoms with Crippen molar-refractivity contribution in [3.63, 3.8) is 0 Å². The normalized spacial score (nSPS) is 16.4. The summed E-state index contributed by atoms with van der Waals surface area (Å²) in [5.74, 6) is 5.80. The lowest BCUT2D eigenvalue weighted by Crippen LogP contribution is -2.33. The third kappa shape index (κ3) is 0.906. The molecule has 0 amide bonds. The van der Waals surface area contributed by atoms with E-state index in [1.807, 2.05) is 11.4 Å². The Bertz CT molecular complexity index is 501. The van der Waals surface area contributed by atoms with Crippen LogP contribution in [0, 0.1) is 6.92 Å². The van der Waals surface area contributed by atoms with Gasteiger partial charge in [-0.05, 0) is 18.6 Å². The highest BCUT2D eigenvalue weighted by atomic mass is 15.4. The molecule has 14 heavy (non-hydrogen) atoms. The van der Waals surface area contributed by atoms with E-state index in [2.05, 4.69) is 16.1 Å². The van der Waals surface area contributed by atoms with Crippen LogP contribution >= 0.6 is 0 Å². The first-order valence-electron chi connectivity index (χ1n) is 4.56. The van der Waals surface area contributed by atoms with Crippen molar-refractivity contribution >= 4 is 5.52 Å². The third-order valence-electron chi connectivity index (χ3n) is 2.61. The predicted molar refractivity (Wildman–Crippen MR) is 51.2 cm³/mol. The second-order valence-corrected chi connectivity index (χ2v) is 3.68. The standard InChI is InChI=1S/C9H11N5/c1-6-2-7-3-13(10)4-8-9(7)14(6)12-5-11-8/h2,5H,3-4,10H2,1H3. The summed E-state index contributed by atoms with van der Waals surface area (Å²) in [6, 6.07) is 2.12. The van der Waals surface area contributed by atoms with E-state index >= 15 is 0 Å². The van der Waals surface area contributed by atoms with Gasteiger partial charge in [0.05, 0.1) is 17.8 Å². The Morgan fingerprint density at radius 1 is 1.43 bits per heavy atom. The van der Waals surface area contributed by atoms with Crippen LogP contribution in [-0.4, -0.2) is 19.6 Å². The molecule has 0 bridgehead atoms. The lowest BCUT2D eigenvalue weighted by atomic mass is 10.1. The fourth-order valence-electron chi connectivity index (χ4n) is 2.06. The number of aromatic nitrogens is 3. The molecule has 72 valence electrons. The summed E-state index contributed by atoms with van der Waals surface area (Å²) in [6.45, 7) is 3.51. The number of aryl methyl sites for hydroxylation is 1. The summed E-state index contributed by atoms with van der Waals surface area (Å²) < 4.78 is 1.94. The second-order valence-electron chi connectivity index (χ2n) is 3.68. The van der Waals surface area contributed by atoms with E-state index in [1.165, 1.54) is 5.56 Å². The third-order valence-corrected chi connectivity index (χ3v) is 2.61. The SMILES string of the molecule is Cc1cc2c3c(ncnn13)CN(N)C2. The molecule has 2 aromatic heterocycles. The van der Waals surface area contributed by atoms with E-state index < -0.39 is 0 Å². The van der Waals surface area contributed by atoms with Crippen LogP contribution in [0.2, 0.25) is 0 Å². The number of nitrogens with two attached hydrogens (primary N) is 1. The van der Waals surface area contributed by atoms with Gasteiger partial charge in [0.2, 0.25) is 0 Å². The quantitative estimate of drug-likeness (QED) is 0.602. The molecular weight excluding hydrogens is 178 g/mol. The Morgan fingerprint density at radius 2 is 2.29 bits per heavy atom. The molecule has 0 unspecified atom stereocenters. The van der Waals surface area contributed by atoms with Gasteiger partial charge in [-0.1, -0.05) is 0 Å². The maximum Gasteiger partial charge on any atom is 0.136 e. The zero-order chi connectivity index (χ0) is 9.71. The molecule has 0 aromatic carbocycles. The summed E-state index contributed by atoms with van der Waals surface area (Å²) in [7, 11) is 0. The molecule has 3 rings (SSSR count). The lowest BCUT2D eigenvalue weighted by Gasteiger charge is -2.20. The van der Waals surface area contributed by atoms with Crippen LogP contribution in [0.4, 0.5) is 0 Å². The Balaban J connectivity index is 2.41. The molecular formula is C9H11N5. The number of hydrogen-bond donors (Lipinski definition) is 1. The molecule has 5 nitrogen and oxygen atoms in total. The summed E-state index contributed by atoms with van der Waals surface area (Å²) >= 11 is 0. The van der Waals surface area contributed by atoms with Gasteiger partial charge in [-0.2, -0.15) is 5.10 Å². The fourth-order valence-corrected chi connectivity index (χ4v) is 2.06. The number of hydrazine groups is 1. The van der Waals surface area contributed by atoms with Crippen LogP contribution < -0.4 is 5.84 Å². The van der Waals surface area contributed by atoms with E-state index in [9.17, 15) is 0 Å². The Morgan fingerprint density at radius 3 is 3.14 bits per heavy atom. The molecule has 2 N–H and O–H groups in total. The molecule has 5 heteroatoms. The van der Waals surface area contributed by atoms with Gasteiger partial charge in [0.1, 0.15) is 6.33 Å². The molecule has 0 saturated carbocycles. The van der Waals surface area contributed by atoms with Crippen LogP contribution in [0.15, 0.2) is 12.4 Å². The summed E-state index contributed by atoms with van der Waals surface area (Å²) in [6.07, 6.45) is 1.58. The molecule has 0 fully saturated rings. The van der Waals surface area contributed by atoms with Crippen molar-refractivity contribution < 1.29 is 0 Å². The van der Waals surface area contributed by atoms with Gasteiger partial charge in [0, 0.05) is 12.2 Å². The summed E-state index contributed by atoms with van der Waals surface area (Å²) in [5, 5.41) is 5.98. The topological polar surface area (TPSA) is 59.5 Å². The van der Waals surface area contributed by atoms with Gasteiger partial charge >= 0.3 is 0 Å². The Hall–Kier alpha value is -1.46. The molecule has 0 aliphatic carbocycles. The molecule has 0 spiro atoms. The molecule has 2 aromatic rings. The van der Waals surface area contributed by atoms with Gasteiger partial charge in [-0.15, -0.1) is 0 Å². The van der Waals surface area contributed by atoms with E-state index in [0.29, 0.717) is 6.54 Å². The smallest absolute Gasteiger partial charge is 0.136 e. The molecule has 3 heterocycles. The van der Waals surface area contributed by atoms with E-state index in [4.69, 9.17) is 5.84 Å². The average Bonchev–Trinajstić information content (AvgIpc) is 2.45. The molecule has 0 atom stereocenters. The summed E-state index contributed by atoms with van der Waals surface area (Å²) in [5.41, 5.74) is 4.49. The molecule has 1 aliphatic heterocycles. The number of rotatable bonds is 0. The van der Waals surface area contributed by atoms with E-state index in [1.54, 1.807) is 11.3 Å². The average molecular weight is 189 g/mol. The van der Waals surface area contributed by atoms with Crippen molar-refractivity contribution in [2.45, 2.75) is 20.0 Å². The van der Waals surface area contributed by atoms with Crippen LogP contribution in [0.5, 0.6) is 0 Å². The van der Waals surface area contributed by atoms with E-state index in [0.717, 1.165) is 23.4 Å². The van der Waals surface area contributed by atoms with Crippen molar-refractivity contribution in [3.8, 4) is 0 Å². The van der Waals surface area contributed by atoms with Crippen molar-refractivity contribution in [2.24, 2.45) is 5.84 Å². The van der Waals surface area contributed by atoms with Crippen molar-refractivity contribution in [2.75, 3.05) is 0 Å². The Kier molecular flexibility index (Phi) is 1.42. The van der Waals surface area contributed by atoms with E-state index in [-0.39, 0.29) is 0 Å². The maximum atomic E-state index is 5.80. The highest BCUT2D eigenvalue weighted by Crippen LogP contribution is 2.23. The minimum atomic E-state index is 0.697. The second kappa shape index (κ2) is 2.52. The van der Waals surface area contributed by atoms with Gasteiger partial charge in [0.15, 0.2) is 0 Å². The van der Waals surface area contributed by atoms with Gasteiger partial charge in [-0.25, -0.2) is 14.5 Å². The fraction of sp³-hybridized carbons (Fsp3) is 0.333.